The van der Waals surface area contributed by atoms with E-state index >= 15 is 0 Å². The van der Waals surface area contributed by atoms with Gasteiger partial charge in [0.15, 0.2) is 0 Å². The minimum Gasteiger partial charge on any atom is -0.493 e. The fourth-order valence-corrected chi connectivity index (χ4v) is 2.98. The van der Waals surface area contributed by atoms with Crippen molar-refractivity contribution in [1.82, 2.24) is 5.32 Å². The number of rotatable bonds is 5. The van der Waals surface area contributed by atoms with Gasteiger partial charge in [-0.3, -0.25) is 0 Å². The second-order valence-corrected chi connectivity index (χ2v) is 5.80. The van der Waals surface area contributed by atoms with E-state index in [1.807, 2.05) is 0 Å². The lowest BCUT2D eigenvalue weighted by Crippen LogP contribution is -2.20. The van der Waals surface area contributed by atoms with Crippen molar-refractivity contribution in [3.63, 3.8) is 0 Å². The number of aryl methyl sites for hydroxylation is 1. The third-order valence-electron chi connectivity index (χ3n) is 4.16. The van der Waals surface area contributed by atoms with Crippen LogP contribution in [0.4, 0.5) is 0 Å². The zero-order valence-corrected chi connectivity index (χ0v) is 12.9. The topological polar surface area (TPSA) is 21.3 Å². The maximum absolute atomic E-state index is 5.59. The Morgan fingerprint density at radius 3 is 2.90 bits per heavy atom. The molecular weight excluding hydrogens is 258 g/mol. The summed E-state index contributed by atoms with van der Waals surface area (Å²) in [6.45, 7) is 6.11. The maximum Gasteiger partial charge on any atom is 0.122 e. The van der Waals surface area contributed by atoms with Gasteiger partial charge in [0.25, 0.3) is 0 Å². The average Bonchev–Trinajstić information content (AvgIpc) is 2.95. The van der Waals surface area contributed by atoms with Crippen LogP contribution in [0.2, 0.25) is 0 Å². The van der Waals surface area contributed by atoms with Crippen molar-refractivity contribution in [1.29, 1.82) is 0 Å². The van der Waals surface area contributed by atoms with Crippen LogP contribution in [0.1, 0.15) is 41.6 Å². The van der Waals surface area contributed by atoms with Gasteiger partial charge in [0, 0.05) is 19.0 Å². The molecule has 0 saturated carbocycles. The Balaban J connectivity index is 1.70. The van der Waals surface area contributed by atoms with Gasteiger partial charge in [-0.15, -0.1) is 0 Å². The molecule has 21 heavy (non-hydrogen) atoms. The van der Waals surface area contributed by atoms with Crippen LogP contribution < -0.4 is 10.1 Å². The lowest BCUT2D eigenvalue weighted by Gasteiger charge is -2.18. The summed E-state index contributed by atoms with van der Waals surface area (Å²) in [5.74, 6) is 1.06. The molecule has 1 aliphatic heterocycles. The van der Waals surface area contributed by atoms with Gasteiger partial charge in [0.1, 0.15) is 5.75 Å². The van der Waals surface area contributed by atoms with Gasteiger partial charge in [0.05, 0.1) is 6.61 Å². The molecule has 110 valence electrons. The predicted octanol–water partition coefficient (Wildman–Crippen LogP) is 4.17. The zero-order valence-electron chi connectivity index (χ0n) is 12.9. The van der Waals surface area contributed by atoms with Crippen LogP contribution in [0.15, 0.2) is 42.5 Å². The Kier molecular flexibility index (Phi) is 4.26. The largest absolute Gasteiger partial charge is 0.493 e. The van der Waals surface area contributed by atoms with Gasteiger partial charge < -0.3 is 10.1 Å². The molecule has 1 N–H and O–H groups in total. The first-order valence-electron chi connectivity index (χ1n) is 7.81. The summed E-state index contributed by atoms with van der Waals surface area (Å²) in [4.78, 5) is 0. The van der Waals surface area contributed by atoms with E-state index in [2.05, 4.69) is 61.6 Å². The second-order valence-electron chi connectivity index (χ2n) is 5.80. The molecule has 2 nitrogen and oxygen atoms in total. The summed E-state index contributed by atoms with van der Waals surface area (Å²) in [5.41, 5.74) is 5.38. The van der Waals surface area contributed by atoms with Crippen molar-refractivity contribution in [3.8, 4) is 5.75 Å². The van der Waals surface area contributed by atoms with Crippen LogP contribution in [0.25, 0.3) is 0 Å². The second kappa shape index (κ2) is 6.31. The van der Waals surface area contributed by atoms with E-state index in [4.69, 9.17) is 4.74 Å². The fraction of sp³-hybridized carbons (Fsp3) is 0.368. The molecule has 1 unspecified atom stereocenters. The molecule has 0 fully saturated rings. The monoisotopic (exact) mass is 281 g/mol. The van der Waals surface area contributed by atoms with Crippen molar-refractivity contribution in [2.75, 3.05) is 6.61 Å². The smallest absolute Gasteiger partial charge is 0.122 e. The molecule has 1 heterocycles. The molecule has 0 aliphatic carbocycles. The summed E-state index contributed by atoms with van der Waals surface area (Å²) in [7, 11) is 0. The average molecular weight is 281 g/mol. The van der Waals surface area contributed by atoms with E-state index in [0.29, 0.717) is 6.04 Å². The van der Waals surface area contributed by atoms with Gasteiger partial charge in [-0.05, 0) is 36.1 Å². The summed E-state index contributed by atoms with van der Waals surface area (Å²) in [6, 6.07) is 15.7. The molecule has 0 aromatic heterocycles. The van der Waals surface area contributed by atoms with E-state index in [9.17, 15) is 0 Å². The Labute approximate surface area is 127 Å². The van der Waals surface area contributed by atoms with Gasteiger partial charge >= 0.3 is 0 Å². The summed E-state index contributed by atoms with van der Waals surface area (Å²) >= 11 is 0. The molecule has 0 spiro atoms. The molecule has 0 saturated heterocycles. The first-order valence-corrected chi connectivity index (χ1v) is 7.81. The molecule has 0 bridgehead atoms. The van der Waals surface area contributed by atoms with Gasteiger partial charge in [0.2, 0.25) is 0 Å². The van der Waals surface area contributed by atoms with Crippen molar-refractivity contribution < 1.29 is 4.74 Å². The molecule has 2 heteroatoms. The first-order chi connectivity index (χ1) is 10.3. The van der Waals surface area contributed by atoms with Gasteiger partial charge in [-0.25, -0.2) is 0 Å². The quantitative estimate of drug-likeness (QED) is 0.888. The Morgan fingerprint density at radius 1 is 1.19 bits per heavy atom. The number of nitrogens with one attached hydrogen (secondary N) is 1. The highest BCUT2D eigenvalue weighted by atomic mass is 16.5. The van der Waals surface area contributed by atoms with Crippen molar-refractivity contribution in [3.05, 3.63) is 64.7 Å². The van der Waals surface area contributed by atoms with Crippen molar-refractivity contribution in [2.24, 2.45) is 0 Å². The van der Waals surface area contributed by atoms with E-state index in [-0.39, 0.29) is 0 Å². The lowest BCUT2D eigenvalue weighted by atomic mass is 10.0. The molecule has 1 atom stereocenters. The lowest BCUT2D eigenvalue weighted by molar-refractivity contribution is 0.356. The van der Waals surface area contributed by atoms with Crippen LogP contribution in [0.3, 0.4) is 0 Å². The maximum atomic E-state index is 5.59. The third kappa shape index (κ3) is 3.27. The molecule has 2 aromatic rings. The van der Waals surface area contributed by atoms with Crippen LogP contribution in [0.5, 0.6) is 5.75 Å². The summed E-state index contributed by atoms with van der Waals surface area (Å²) in [6.07, 6.45) is 2.13. The summed E-state index contributed by atoms with van der Waals surface area (Å²) in [5, 5.41) is 3.68. The number of ether oxygens (including phenoxy) is 1. The number of benzene rings is 2. The van der Waals surface area contributed by atoms with Crippen molar-refractivity contribution in [2.45, 2.75) is 39.3 Å². The van der Waals surface area contributed by atoms with E-state index < -0.39 is 0 Å². The molecular formula is C19H23NO. The Hall–Kier alpha value is -1.80. The molecule has 0 radical (unpaired) electrons. The van der Waals surface area contributed by atoms with Crippen LogP contribution in [0, 0.1) is 6.92 Å². The number of hydrogen-bond acceptors (Lipinski definition) is 2. The van der Waals surface area contributed by atoms with Crippen LogP contribution in [-0.2, 0) is 13.0 Å². The highest BCUT2D eigenvalue weighted by Crippen LogP contribution is 2.29. The zero-order chi connectivity index (χ0) is 14.7. The number of hydrogen-bond donors (Lipinski definition) is 1. The minimum absolute atomic E-state index is 0.399. The molecule has 2 aromatic carbocycles. The van der Waals surface area contributed by atoms with Gasteiger partial charge in [-0.2, -0.15) is 0 Å². The highest BCUT2D eigenvalue weighted by Gasteiger charge is 2.15. The van der Waals surface area contributed by atoms with E-state index in [1.54, 1.807) is 0 Å². The SMILES string of the molecule is CCC(NCc1cccc(C)c1)c1ccc2c(c1)CCO2. The highest BCUT2D eigenvalue weighted by molar-refractivity contribution is 5.40. The minimum atomic E-state index is 0.399. The van der Waals surface area contributed by atoms with E-state index in [1.165, 1.54) is 22.3 Å². The third-order valence-corrected chi connectivity index (χ3v) is 4.16. The van der Waals surface area contributed by atoms with E-state index in [0.717, 1.165) is 31.7 Å². The van der Waals surface area contributed by atoms with Gasteiger partial charge in [-0.1, -0.05) is 48.9 Å². The standard InChI is InChI=1S/C19H23NO/c1-3-18(20-13-15-6-4-5-14(2)11-15)16-7-8-19-17(12-16)9-10-21-19/h4-8,11-12,18,20H,3,9-10,13H2,1-2H3. The van der Waals surface area contributed by atoms with Crippen LogP contribution >= 0.6 is 0 Å². The first kappa shape index (κ1) is 14.2. The molecule has 0 amide bonds. The van der Waals surface area contributed by atoms with Crippen LogP contribution in [-0.4, -0.2) is 6.61 Å². The summed E-state index contributed by atoms with van der Waals surface area (Å²) < 4.78 is 5.59. The predicted molar refractivity (Wildman–Crippen MR) is 86.7 cm³/mol. The molecule has 3 rings (SSSR count). The van der Waals surface area contributed by atoms with Crippen molar-refractivity contribution >= 4 is 0 Å². The fourth-order valence-electron chi connectivity index (χ4n) is 2.98. The normalized spacial score (nSPS) is 14.6. The molecule has 1 aliphatic rings. The Bertz CT molecular complexity index is 621. The Morgan fingerprint density at radius 2 is 2.10 bits per heavy atom. The number of fused-ring (bicyclic) bond motifs is 1.